The van der Waals surface area contributed by atoms with E-state index in [1.165, 1.54) is 13.4 Å². The second kappa shape index (κ2) is 12.8. The van der Waals surface area contributed by atoms with E-state index in [9.17, 15) is 9.32 Å². The van der Waals surface area contributed by atoms with E-state index in [1.54, 1.807) is 5.06 Å². The summed E-state index contributed by atoms with van der Waals surface area (Å²) in [6.45, 7) is 0.823. The van der Waals surface area contributed by atoms with Gasteiger partial charge in [0.1, 0.15) is 6.61 Å². The van der Waals surface area contributed by atoms with E-state index in [-0.39, 0.29) is 18.8 Å². The van der Waals surface area contributed by atoms with Crippen LogP contribution in [-0.2, 0) is 25.1 Å². The van der Waals surface area contributed by atoms with Crippen molar-refractivity contribution in [3.05, 3.63) is 0 Å². The third-order valence-corrected chi connectivity index (χ3v) is 2.61. The second-order valence-corrected chi connectivity index (χ2v) is 20.7. The molecule has 0 amide bonds. The van der Waals surface area contributed by atoms with Crippen LogP contribution in [0, 0.1) is 0 Å². The molecule has 0 spiro atoms. The van der Waals surface area contributed by atoms with E-state index >= 15 is 0 Å². The van der Waals surface area contributed by atoms with Gasteiger partial charge in [-0.2, -0.15) is 9.35 Å². The number of piperidine rings is 1. The summed E-state index contributed by atoms with van der Waals surface area (Å²) in [5.74, 6) is 0. The maximum atomic E-state index is 10.9. The van der Waals surface area contributed by atoms with Crippen LogP contribution in [0.2, 0.25) is 0 Å². The van der Waals surface area contributed by atoms with Gasteiger partial charge >= 0.3 is 50.5 Å². The van der Waals surface area contributed by atoms with Gasteiger partial charge in [0.25, 0.3) is 0 Å². The average Bonchev–Trinajstić information content (AvgIpc) is 2.30. The van der Waals surface area contributed by atoms with Crippen molar-refractivity contribution in [1.82, 2.24) is 5.06 Å². The van der Waals surface area contributed by atoms with E-state index < -0.39 is 11.1 Å². The SMILES string of the molecule is COOCC1CC(O)CCN1OS(C)=O.I[I-]I. The molecule has 1 heterocycles. The fourth-order valence-electron chi connectivity index (χ4n) is 1.54. The number of hydrogen-bond donors (Lipinski definition) is 1. The molecule has 112 valence electrons. The molecule has 1 saturated heterocycles. The fraction of sp³-hybridized carbons (Fsp3) is 1.00. The topological polar surface area (TPSA) is 68.2 Å². The number of aliphatic hydroxyl groups is 1. The zero-order valence-electron chi connectivity index (χ0n) is 10.1. The standard InChI is InChI=1S/C8H17NO5S.I3/c1-12-13-6-7-5-8(10)3-4-9(7)14-15(2)11;1-3-2/h7-8,10H,3-6H2,1-2H3;/q;-1. The molecule has 6 nitrogen and oxygen atoms in total. The summed E-state index contributed by atoms with van der Waals surface area (Å²) in [7, 11) is 1.42. The Bertz CT molecular complexity index is 239. The predicted molar refractivity (Wildman–Crippen MR) is 81.9 cm³/mol. The molecule has 1 rings (SSSR count). The Morgan fingerprint density at radius 3 is 2.67 bits per heavy atom. The van der Waals surface area contributed by atoms with E-state index in [2.05, 4.69) is 42.1 Å². The number of aliphatic hydroxyl groups excluding tert-OH is 1. The summed E-state index contributed by atoms with van der Waals surface area (Å²) < 4.78 is 16.0. The van der Waals surface area contributed by atoms with Crippen LogP contribution in [0.1, 0.15) is 12.8 Å². The normalized spacial score (nSPS) is 26.5. The maximum absolute atomic E-state index is 10.9. The first kappa shape index (κ1) is 20.1. The number of hydroxylamine groups is 2. The number of rotatable bonds is 5. The fourth-order valence-corrected chi connectivity index (χ4v) is 2.00. The van der Waals surface area contributed by atoms with Crippen LogP contribution in [0.4, 0.5) is 0 Å². The number of nitrogens with zero attached hydrogens (tertiary/aromatic N) is 1. The van der Waals surface area contributed by atoms with Crippen molar-refractivity contribution in [2.75, 3.05) is 26.5 Å². The molecular weight excluding hydrogens is 603 g/mol. The van der Waals surface area contributed by atoms with Crippen LogP contribution >= 0.6 is 37.2 Å². The van der Waals surface area contributed by atoms with Gasteiger partial charge in [-0.1, -0.05) is 0 Å². The summed E-state index contributed by atoms with van der Waals surface area (Å²) in [6, 6.07) is -0.127. The van der Waals surface area contributed by atoms with Gasteiger partial charge in [-0.3, -0.25) is 0 Å². The molecule has 0 saturated carbocycles. The van der Waals surface area contributed by atoms with E-state index in [1.807, 2.05) is 0 Å². The Morgan fingerprint density at radius 1 is 1.56 bits per heavy atom. The van der Waals surface area contributed by atoms with Crippen molar-refractivity contribution in [3.63, 3.8) is 0 Å². The minimum absolute atomic E-state index is 0.127. The van der Waals surface area contributed by atoms with E-state index in [0.29, 0.717) is 32.6 Å². The van der Waals surface area contributed by atoms with Crippen LogP contribution in [0.25, 0.3) is 0 Å². The summed E-state index contributed by atoms with van der Waals surface area (Å²) in [5, 5.41) is 11.1. The average molecular weight is 620 g/mol. The zero-order valence-corrected chi connectivity index (χ0v) is 17.3. The minimum atomic E-state index is -1.35. The van der Waals surface area contributed by atoms with Gasteiger partial charge in [0.05, 0.1) is 19.3 Å². The molecule has 0 aromatic rings. The first-order valence-corrected chi connectivity index (χ1v) is 19.1. The first-order valence-electron chi connectivity index (χ1n) is 5.04. The quantitative estimate of drug-likeness (QED) is 0.227. The van der Waals surface area contributed by atoms with Gasteiger partial charge in [0.2, 0.25) is 0 Å². The summed E-state index contributed by atoms with van der Waals surface area (Å²) >= 11 is 3.95. The van der Waals surface area contributed by atoms with E-state index in [0.717, 1.165) is 0 Å². The number of hydrogen-bond acceptors (Lipinski definition) is 6. The monoisotopic (exact) mass is 620 g/mol. The molecule has 0 radical (unpaired) electrons. The molecule has 0 aromatic carbocycles. The van der Waals surface area contributed by atoms with Crippen molar-refractivity contribution in [2.45, 2.75) is 25.0 Å². The number of halogens is 3. The van der Waals surface area contributed by atoms with Gasteiger partial charge in [-0.25, -0.2) is 14.0 Å². The molecule has 3 atom stereocenters. The van der Waals surface area contributed by atoms with Gasteiger partial charge in [-0.05, 0) is 12.8 Å². The molecule has 1 fully saturated rings. The van der Waals surface area contributed by atoms with Crippen molar-refractivity contribution in [1.29, 1.82) is 0 Å². The van der Waals surface area contributed by atoms with Crippen LogP contribution in [0.5, 0.6) is 0 Å². The van der Waals surface area contributed by atoms with Gasteiger partial charge in [0.15, 0.2) is 11.1 Å². The van der Waals surface area contributed by atoms with Gasteiger partial charge < -0.3 is 5.11 Å². The third-order valence-electron chi connectivity index (χ3n) is 2.21. The molecule has 18 heavy (non-hydrogen) atoms. The Hall–Kier alpha value is 2.14. The molecule has 0 bridgehead atoms. The Kier molecular flexibility index (Phi) is 14.4. The molecule has 3 unspecified atom stereocenters. The third kappa shape index (κ3) is 9.95. The summed E-state index contributed by atoms with van der Waals surface area (Å²) in [6.07, 6.45) is 2.24. The van der Waals surface area contributed by atoms with Gasteiger partial charge in [-0.15, -0.1) is 0 Å². The molecule has 1 N–H and O–H groups in total. The molecule has 1 aliphatic rings. The molecular formula is C8H17I3NO5S-. The van der Waals surface area contributed by atoms with Crippen molar-refractivity contribution in [2.24, 2.45) is 0 Å². The molecule has 10 heteroatoms. The van der Waals surface area contributed by atoms with Crippen LogP contribution < -0.4 is 13.3 Å². The second-order valence-electron chi connectivity index (χ2n) is 3.45. The first-order chi connectivity index (χ1) is 8.54. The Balaban J connectivity index is 0.000000873. The van der Waals surface area contributed by atoms with E-state index in [4.69, 9.17) is 9.17 Å². The van der Waals surface area contributed by atoms with Gasteiger partial charge in [0, 0.05) is 12.8 Å². The summed E-state index contributed by atoms with van der Waals surface area (Å²) in [5.41, 5.74) is 0. The Morgan fingerprint density at radius 2 is 2.17 bits per heavy atom. The molecule has 1 aliphatic heterocycles. The Labute approximate surface area is 140 Å². The molecule has 0 aliphatic carbocycles. The van der Waals surface area contributed by atoms with Crippen LogP contribution in [0.3, 0.4) is 0 Å². The predicted octanol–water partition coefficient (Wildman–Crippen LogP) is -1.61. The van der Waals surface area contributed by atoms with Crippen LogP contribution in [-0.4, -0.2) is 53.0 Å². The molecule has 0 aromatic heterocycles. The zero-order chi connectivity index (χ0) is 14.0. The van der Waals surface area contributed by atoms with Crippen molar-refractivity contribution < 1.29 is 36.6 Å². The van der Waals surface area contributed by atoms with Crippen LogP contribution in [0.15, 0.2) is 0 Å². The summed E-state index contributed by atoms with van der Waals surface area (Å²) in [4.78, 5) is 9.29. The van der Waals surface area contributed by atoms with Crippen molar-refractivity contribution >= 4 is 48.3 Å². The van der Waals surface area contributed by atoms with Crippen molar-refractivity contribution in [3.8, 4) is 0 Å².